The van der Waals surface area contributed by atoms with Crippen LogP contribution < -0.4 is 0 Å². The predicted octanol–water partition coefficient (Wildman–Crippen LogP) is 11.0. The first-order chi connectivity index (χ1) is 27.3. The Bertz CT molecular complexity index is 1500. The second-order valence-electron chi connectivity index (χ2n) is 10.5. The zero-order valence-corrected chi connectivity index (χ0v) is 35.4. The van der Waals surface area contributed by atoms with Crippen molar-refractivity contribution in [2.24, 2.45) is 11.8 Å². The average molecular weight is 769 g/mol. The van der Waals surface area contributed by atoms with Gasteiger partial charge >= 0.3 is 23.9 Å². The third kappa shape index (κ3) is 18.5. The topological polar surface area (TPSA) is 105 Å². The van der Waals surface area contributed by atoms with Crippen molar-refractivity contribution < 1.29 is 38.1 Å². The summed E-state index contributed by atoms with van der Waals surface area (Å²) in [7, 11) is 5.49. The van der Waals surface area contributed by atoms with Crippen LogP contribution in [0.5, 0.6) is 0 Å². The molecular formula is C48H64O8. The van der Waals surface area contributed by atoms with E-state index in [9.17, 15) is 19.2 Å². The molecule has 0 heterocycles. The molecule has 0 aromatic heterocycles. The van der Waals surface area contributed by atoms with Gasteiger partial charge in [-0.05, 0) is 34.4 Å². The van der Waals surface area contributed by atoms with E-state index in [1.54, 1.807) is 12.2 Å². The number of methoxy groups -OCH3 is 4. The van der Waals surface area contributed by atoms with E-state index >= 15 is 0 Å². The first-order valence-electron chi connectivity index (χ1n) is 19.2. The molecular weight excluding hydrogens is 705 g/mol. The molecule has 0 unspecified atom stereocenters. The van der Waals surface area contributed by atoms with Crippen LogP contribution in [-0.2, 0) is 38.1 Å². The molecule has 8 nitrogen and oxygen atoms in total. The number of rotatable bonds is 8. The Labute approximate surface area is 336 Å². The maximum atomic E-state index is 12.4. The molecule has 0 amide bonds. The van der Waals surface area contributed by atoms with Crippen LogP contribution in [-0.4, -0.2) is 52.3 Å². The van der Waals surface area contributed by atoms with Gasteiger partial charge in [0.05, 0.1) is 40.3 Å². The molecule has 0 N–H and O–H groups in total. The second-order valence-corrected chi connectivity index (χ2v) is 10.5. The number of hydrogen-bond donors (Lipinski definition) is 0. The van der Waals surface area contributed by atoms with Crippen molar-refractivity contribution in [1.82, 2.24) is 0 Å². The van der Waals surface area contributed by atoms with Crippen LogP contribution in [0.3, 0.4) is 0 Å². The highest BCUT2D eigenvalue weighted by Crippen LogP contribution is 2.58. The van der Waals surface area contributed by atoms with Crippen LogP contribution in [0.4, 0.5) is 0 Å². The number of esters is 4. The van der Waals surface area contributed by atoms with E-state index in [1.165, 1.54) is 40.6 Å². The molecule has 4 aromatic rings. The van der Waals surface area contributed by atoms with Gasteiger partial charge in [-0.1, -0.05) is 177 Å². The molecule has 5 rings (SSSR count). The normalized spacial score (nSPS) is 15.6. The van der Waals surface area contributed by atoms with E-state index in [2.05, 4.69) is 9.47 Å². The molecule has 1 saturated carbocycles. The number of carbonyl (C=O) groups is 4. The molecule has 0 radical (unpaired) electrons. The third-order valence-electron chi connectivity index (χ3n) is 7.69. The number of hydrogen-bond acceptors (Lipinski definition) is 8. The SMILES string of the molecule is CC.CC.CC.CC.COC(=O)C1C(c2ccccc2)C(C(=O)OC)C1c1ccccc1.COC(=O)C=Cc1ccccc1.COC(=O)C=Cc1ccccc1. The van der Waals surface area contributed by atoms with Gasteiger partial charge in [0.1, 0.15) is 0 Å². The third-order valence-corrected chi connectivity index (χ3v) is 7.69. The Morgan fingerprint density at radius 3 is 0.875 bits per heavy atom. The summed E-state index contributed by atoms with van der Waals surface area (Å²) in [5, 5.41) is 0. The summed E-state index contributed by atoms with van der Waals surface area (Å²) in [5.74, 6) is -2.53. The molecule has 304 valence electrons. The lowest BCUT2D eigenvalue weighted by Crippen LogP contribution is -2.51. The van der Waals surface area contributed by atoms with E-state index in [-0.39, 0.29) is 35.7 Å². The van der Waals surface area contributed by atoms with E-state index in [0.717, 1.165) is 22.3 Å². The van der Waals surface area contributed by atoms with Crippen LogP contribution in [0.1, 0.15) is 89.5 Å². The van der Waals surface area contributed by atoms with Gasteiger partial charge in [-0.3, -0.25) is 9.59 Å². The monoisotopic (exact) mass is 768 g/mol. The summed E-state index contributed by atoms with van der Waals surface area (Å²) in [4.78, 5) is 46.2. The Kier molecular flexibility index (Phi) is 31.6. The lowest BCUT2D eigenvalue weighted by atomic mass is 9.52. The first kappa shape index (κ1) is 52.3. The molecule has 1 fully saturated rings. The molecule has 0 spiro atoms. The van der Waals surface area contributed by atoms with Crippen molar-refractivity contribution >= 4 is 36.0 Å². The summed E-state index contributed by atoms with van der Waals surface area (Å²) < 4.78 is 18.9. The number of ether oxygens (including phenoxy) is 4. The molecule has 1 aliphatic carbocycles. The van der Waals surface area contributed by atoms with Crippen molar-refractivity contribution in [3.63, 3.8) is 0 Å². The van der Waals surface area contributed by atoms with Crippen LogP contribution in [0.2, 0.25) is 0 Å². The summed E-state index contributed by atoms with van der Waals surface area (Å²) in [6.07, 6.45) is 6.22. The maximum absolute atomic E-state index is 12.4. The van der Waals surface area contributed by atoms with Gasteiger partial charge in [0.25, 0.3) is 0 Å². The van der Waals surface area contributed by atoms with E-state index < -0.39 is 11.8 Å². The standard InChI is InChI=1S/C20H20O4.2C10H10O2.4C2H6/c1-23-19(21)17-15(13-9-5-3-6-10-13)18(20(22)24-2)16(17)14-11-7-4-8-12-14;2*1-12-10(11)8-7-9-5-3-2-4-6-9;4*1-2/h3-12,15-18H,1-2H3;2*2-8H,1H3;4*1-2H3. The minimum atomic E-state index is -0.399. The van der Waals surface area contributed by atoms with E-state index in [4.69, 9.17) is 9.47 Å². The predicted molar refractivity (Wildman–Crippen MR) is 230 cm³/mol. The van der Waals surface area contributed by atoms with Crippen LogP contribution in [0, 0.1) is 11.8 Å². The molecule has 4 aromatic carbocycles. The summed E-state index contributed by atoms with van der Waals surface area (Å²) >= 11 is 0. The highest BCUT2D eigenvalue weighted by atomic mass is 16.5. The lowest BCUT2D eigenvalue weighted by molar-refractivity contribution is -0.164. The van der Waals surface area contributed by atoms with Gasteiger partial charge in [0, 0.05) is 24.0 Å². The van der Waals surface area contributed by atoms with Gasteiger partial charge in [-0.15, -0.1) is 0 Å². The molecule has 0 aliphatic heterocycles. The first-order valence-corrected chi connectivity index (χ1v) is 19.2. The second kappa shape index (κ2) is 33.8. The fraction of sp³-hybridized carbons (Fsp3) is 0.333. The number of carbonyl (C=O) groups excluding carboxylic acids is 4. The van der Waals surface area contributed by atoms with Gasteiger partial charge in [0.15, 0.2) is 0 Å². The highest BCUT2D eigenvalue weighted by Gasteiger charge is 2.59. The summed E-state index contributed by atoms with van der Waals surface area (Å²) in [6, 6.07) is 38.4. The largest absolute Gasteiger partial charge is 0.469 e. The van der Waals surface area contributed by atoms with Gasteiger partial charge in [-0.2, -0.15) is 0 Å². The van der Waals surface area contributed by atoms with Crippen molar-refractivity contribution in [3.8, 4) is 0 Å². The van der Waals surface area contributed by atoms with Crippen LogP contribution in [0.25, 0.3) is 12.2 Å². The smallest absolute Gasteiger partial charge is 0.330 e. The zero-order valence-electron chi connectivity index (χ0n) is 35.4. The zero-order chi connectivity index (χ0) is 42.7. The molecule has 1 aliphatic rings. The Hall–Kier alpha value is -5.76. The fourth-order valence-electron chi connectivity index (χ4n) is 5.38. The fourth-order valence-corrected chi connectivity index (χ4v) is 5.38. The molecule has 56 heavy (non-hydrogen) atoms. The van der Waals surface area contributed by atoms with Crippen molar-refractivity contribution in [3.05, 3.63) is 156 Å². The minimum Gasteiger partial charge on any atom is -0.469 e. The minimum absolute atomic E-state index is 0.240. The van der Waals surface area contributed by atoms with Crippen molar-refractivity contribution in [1.29, 1.82) is 0 Å². The van der Waals surface area contributed by atoms with Gasteiger partial charge in [-0.25, -0.2) is 9.59 Å². The lowest BCUT2D eigenvalue weighted by Gasteiger charge is -2.49. The Balaban J connectivity index is 0. The quantitative estimate of drug-likeness (QED) is 0.0991. The molecule has 0 saturated heterocycles. The van der Waals surface area contributed by atoms with Crippen molar-refractivity contribution in [2.45, 2.75) is 67.2 Å². The van der Waals surface area contributed by atoms with Crippen LogP contribution >= 0.6 is 0 Å². The van der Waals surface area contributed by atoms with Crippen LogP contribution in [0.15, 0.2) is 133 Å². The van der Waals surface area contributed by atoms with Crippen molar-refractivity contribution in [2.75, 3.05) is 28.4 Å². The maximum Gasteiger partial charge on any atom is 0.330 e. The number of benzene rings is 4. The Morgan fingerprint density at radius 2 is 0.643 bits per heavy atom. The molecule has 8 heteroatoms. The molecule has 0 atom stereocenters. The van der Waals surface area contributed by atoms with E-state index in [0.29, 0.717) is 0 Å². The molecule has 0 bridgehead atoms. The summed E-state index contributed by atoms with van der Waals surface area (Å²) in [6.45, 7) is 16.0. The highest BCUT2D eigenvalue weighted by molar-refractivity contribution is 5.87. The van der Waals surface area contributed by atoms with Gasteiger partial charge in [0.2, 0.25) is 0 Å². The Morgan fingerprint density at radius 1 is 0.393 bits per heavy atom. The van der Waals surface area contributed by atoms with E-state index in [1.807, 2.05) is 177 Å². The average Bonchev–Trinajstić information content (AvgIpc) is 3.28. The summed E-state index contributed by atoms with van der Waals surface area (Å²) in [5.41, 5.74) is 3.89. The van der Waals surface area contributed by atoms with Gasteiger partial charge < -0.3 is 18.9 Å².